The van der Waals surface area contributed by atoms with Crippen molar-refractivity contribution < 1.29 is 14.3 Å². The van der Waals surface area contributed by atoms with E-state index in [1.165, 1.54) is 17.4 Å². The third-order valence-corrected chi connectivity index (χ3v) is 5.92. The predicted molar refractivity (Wildman–Crippen MR) is 125 cm³/mol. The first-order valence-electron chi connectivity index (χ1n) is 10.2. The van der Waals surface area contributed by atoms with Gasteiger partial charge in [0, 0.05) is 58.2 Å². The predicted octanol–water partition coefficient (Wildman–Crippen LogP) is 2.71. The maximum atomic E-state index is 12.0. The average molecular weight is 466 g/mol. The molecule has 8 nitrogen and oxygen atoms in total. The normalized spacial score (nSPS) is 13.9. The molecule has 1 saturated heterocycles. The number of amides is 1. The Labute approximate surface area is 192 Å². The number of hydrogen-bond donors (Lipinski definition) is 1. The molecule has 1 aromatic heterocycles. The summed E-state index contributed by atoms with van der Waals surface area (Å²) >= 11 is 7.51. The Morgan fingerprint density at radius 1 is 1.13 bits per heavy atom. The smallest absolute Gasteiger partial charge is 0.230 e. The van der Waals surface area contributed by atoms with Crippen molar-refractivity contribution in [3.63, 3.8) is 0 Å². The minimum absolute atomic E-state index is 0.0562. The van der Waals surface area contributed by atoms with Gasteiger partial charge in [0.15, 0.2) is 5.16 Å². The molecule has 10 heteroatoms. The summed E-state index contributed by atoms with van der Waals surface area (Å²) < 4.78 is 10.2. The first kappa shape index (κ1) is 23.4. The van der Waals surface area contributed by atoms with Crippen LogP contribution < -0.4 is 19.9 Å². The highest BCUT2D eigenvalue weighted by molar-refractivity contribution is 7.99. The number of benzene rings is 1. The molecule has 168 valence electrons. The molecule has 31 heavy (non-hydrogen) atoms. The number of piperazine rings is 1. The summed E-state index contributed by atoms with van der Waals surface area (Å²) in [4.78, 5) is 25.4. The van der Waals surface area contributed by atoms with E-state index < -0.39 is 0 Å². The third kappa shape index (κ3) is 7.15. The Morgan fingerprint density at radius 3 is 2.52 bits per heavy atom. The van der Waals surface area contributed by atoms with Crippen LogP contribution in [0.3, 0.4) is 0 Å². The van der Waals surface area contributed by atoms with Crippen molar-refractivity contribution in [2.75, 3.05) is 69.1 Å². The average Bonchev–Trinajstić information content (AvgIpc) is 2.80. The molecule has 1 N–H and O–H groups in total. The molecule has 1 aliphatic heterocycles. The summed E-state index contributed by atoms with van der Waals surface area (Å²) in [5.74, 6) is 1.83. The van der Waals surface area contributed by atoms with Gasteiger partial charge in [0.1, 0.15) is 16.7 Å². The number of ether oxygens (including phenoxy) is 2. The topological polar surface area (TPSA) is 79.8 Å². The van der Waals surface area contributed by atoms with Gasteiger partial charge >= 0.3 is 0 Å². The molecule has 1 amide bonds. The number of hydrogen-bond acceptors (Lipinski definition) is 8. The Bertz CT molecular complexity index is 847. The lowest BCUT2D eigenvalue weighted by Gasteiger charge is -2.36. The molecule has 0 spiro atoms. The van der Waals surface area contributed by atoms with E-state index in [4.69, 9.17) is 21.1 Å². The Balaban J connectivity index is 1.52. The Hall–Kier alpha value is -2.23. The van der Waals surface area contributed by atoms with E-state index in [1.807, 2.05) is 12.1 Å². The number of carbonyl (C=O) groups is 1. The van der Waals surface area contributed by atoms with Crippen molar-refractivity contribution in [3.8, 4) is 5.75 Å². The van der Waals surface area contributed by atoms with Crippen LogP contribution in [0.25, 0.3) is 0 Å². The second kappa shape index (κ2) is 12.0. The SMILES string of the molecule is COCCCNC(=O)CSc1nc(Cl)cc(N2CCN(c3ccc(OC)cc3)CC2)n1. The van der Waals surface area contributed by atoms with Crippen LogP contribution in [0.5, 0.6) is 5.75 Å². The van der Waals surface area contributed by atoms with Gasteiger partial charge in [-0.3, -0.25) is 4.79 Å². The largest absolute Gasteiger partial charge is 0.497 e. The molecule has 2 aromatic rings. The minimum Gasteiger partial charge on any atom is -0.497 e. The van der Waals surface area contributed by atoms with E-state index in [2.05, 4.69) is 37.2 Å². The second-order valence-corrected chi connectivity index (χ2v) is 8.32. The summed E-state index contributed by atoms with van der Waals surface area (Å²) in [5.41, 5.74) is 1.17. The molecule has 1 aliphatic rings. The number of methoxy groups -OCH3 is 2. The molecule has 3 rings (SSSR count). The van der Waals surface area contributed by atoms with Crippen molar-refractivity contribution in [2.24, 2.45) is 0 Å². The molecule has 0 bridgehead atoms. The van der Waals surface area contributed by atoms with E-state index >= 15 is 0 Å². The molecule has 0 unspecified atom stereocenters. The summed E-state index contributed by atoms with van der Waals surface area (Å²) in [5, 5.41) is 3.74. The first-order chi connectivity index (χ1) is 15.1. The lowest BCUT2D eigenvalue weighted by Crippen LogP contribution is -2.46. The van der Waals surface area contributed by atoms with E-state index in [0.29, 0.717) is 23.5 Å². The van der Waals surface area contributed by atoms with Crippen LogP contribution in [0.15, 0.2) is 35.5 Å². The van der Waals surface area contributed by atoms with Gasteiger partial charge in [-0.1, -0.05) is 23.4 Å². The quantitative estimate of drug-likeness (QED) is 0.248. The lowest BCUT2D eigenvalue weighted by atomic mass is 10.2. The molecule has 1 aromatic carbocycles. The van der Waals surface area contributed by atoms with Gasteiger partial charge < -0.3 is 24.6 Å². The van der Waals surface area contributed by atoms with Gasteiger partial charge in [-0.05, 0) is 30.7 Å². The third-order valence-electron chi connectivity index (χ3n) is 4.88. The fourth-order valence-electron chi connectivity index (χ4n) is 3.22. The lowest BCUT2D eigenvalue weighted by molar-refractivity contribution is -0.118. The van der Waals surface area contributed by atoms with Crippen molar-refractivity contribution in [1.29, 1.82) is 0 Å². The molecule has 0 saturated carbocycles. The molecule has 2 heterocycles. The van der Waals surface area contributed by atoms with Crippen LogP contribution in [0.4, 0.5) is 11.5 Å². The molecule has 1 fully saturated rings. The summed E-state index contributed by atoms with van der Waals surface area (Å²) in [6.45, 7) is 4.61. The molecule has 0 radical (unpaired) electrons. The van der Waals surface area contributed by atoms with Gasteiger partial charge in [-0.2, -0.15) is 0 Å². The molecule has 0 aliphatic carbocycles. The van der Waals surface area contributed by atoms with Crippen molar-refractivity contribution in [3.05, 3.63) is 35.5 Å². The number of rotatable bonds is 10. The number of thioether (sulfide) groups is 1. The van der Waals surface area contributed by atoms with Gasteiger partial charge in [0.05, 0.1) is 12.9 Å². The van der Waals surface area contributed by atoms with Crippen LogP contribution in [-0.2, 0) is 9.53 Å². The van der Waals surface area contributed by atoms with Crippen LogP contribution >= 0.6 is 23.4 Å². The summed E-state index contributed by atoms with van der Waals surface area (Å²) in [6.07, 6.45) is 0.785. The van der Waals surface area contributed by atoms with E-state index in [1.54, 1.807) is 20.3 Å². The highest BCUT2D eigenvalue weighted by atomic mass is 35.5. The van der Waals surface area contributed by atoms with Gasteiger partial charge in [0.2, 0.25) is 5.91 Å². The summed E-state index contributed by atoms with van der Waals surface area (Å²) in [6, 6.07) is 9.88. The monoisotopic (exact) mass is 465 g/mol. The second-order valence-electron chi connectivity index (χ2n) is 6.99. The number of carbonyl (C=O) groups excluding carboxylic acids is 1. The van der Waals surface area contributed by atoms with Crippen molar-refractivity contribution >= 4 is 40.8 Å². The van der Waals surface area contributed by atoms with Crippen LogP contribution in [0.1, 0.15) is 6.42 Å². The Kier molecular flexibility index (Phi) is 9.05. The molecule has 0 atom stereocenters. The van der Waals surface area contributed by atoms with Crippen LogP contribution in [0, 0.1) is 0 Å². The number of aromatic nitrogens is 2. The zero-order chi connectivity index (χ0) is 22.1. The number of anilines is 2. The van der Waals surface area contributed by atoms with E-state index in [0.717, 1.165) is 44.2 Å². The maximum Gasteiger partial charge on any atom is 0.230 e. The van der Waals surface area contributed by atoms with E-state index in [9.17, 15) is 4.79 Å². The number of nitrogens with zero attached hydrogens (tertiary/aromatic N) is 4. The van der Waals surface area contributed by atoms with Gasteiger partial charge in [-0.15, -0.1) is 0 Å². The van der Waals surface area contributed by atoms with Crippen molar-refractivity contribution in [1.82, 2.24) is 15.3 Å². The Morgan fingerprint density at radius 2 is 1.84 bits per heavy atom. The van der Waals surface area contributed by atoms with Gasteiger partial charge in [-0.25, -0.2) is 9.97 Å². The standard InChI is InChI=1S/C21H28ClN5O3S/c1-29-13-3-8-23-20(28)15-31-21-24-18(22)14-19(25-21)27-11-9-26(10-12-27)16-4-6-17(30-2)7-5-16/h4-7,14H,3,8-13,15H2,1-2H3,(H,23,28). The van der Waals surface area contributed by atoms with Crippen LogP contribution in [0.2, 0.25) is 5.15 Å². The fraction of sp³-hybridized carbons (Fsp3) is 0.476. The highest BCUT2D eigenvalue weighted by Gasteiger charge is 2.20. The number of nitrogens with one attached hydrogen (secondary N) is 1. The van der Waals surface area contributed by atoms with Gasteiger partial charge in [0.25, 0.3) is 0 Å². The summed E-state index contributed by atoms with van der Waals surface area (Å²) in [7, 11) is 3.31. The zero-order valence-corrected chi connectivity index (χ0v) is 19.4. The molecular weight excluding hydrogens is 438 g/mol. The van der Waals surface area contributed by atoms with E-state index in [-0.39, 0.29) is 11.7 Å². The minimum atomic E-state index is -0.0562. The zero-order valence-electron chi connectivity index (χ0n) is 17.8. The highest BCUT2D eigenvalue weighted by Crippen LogP contribution is 2.25. The number of halogens is 1. The van der Waals surface area contributed by atoms with Crippen LogP contribution in [-0.4, -0.2) is 75.2 Å². The molecular formula is C21H28ClN5O3S. The first-order valence-corrected chi connectivity index (χ1v) is 11.5. The maximum absolute atomic E-state index is 12.0. The fourth-order valence-corrected chi connectivity index (χ4v) is 4.14. The van der Waals surface area contributed by atoms with Crippen molar-refractivity contribution in [2.45, 2.75) is 11.6 Å².